The number of nitrogens with zero attached hydrogens (tertiary/aromatic N) is 1. The van der Waals surface area contributed by atoms with E-state index in [0.29, 0.717) is 0 Å². The number of fused-ring (bicyclic) bond motifs is 1. The lowest BCUT2D eigenvalue weighted by Gasteiger charge is -2.21. The van der Waals surface area contributed by atoms with Crippen molar-refractivity contribution in [2.45, 2.75) is 32.1 Å². The van der Waals surface area contributed by atoms with E-state index in [1.54, 1.807) is 0 Å². The summed E-state index contributed by atoms with van der Waals surface area (Å²) in [6, 6.07) is 26.4. The van der Waals surface area contributed by atoms with Crippen LogP contribution in [-0.2, 0) is 5.41 Å². The predicted molar refractivity (Wildman–Crippen MR) is 123 cm³/mol. The summed E-state index contributed by atoms with van der Waals surface area (Å²) in [6.45, 7) is 6.35. The maximum absolute atomic E-state index is 11.7. The van der Waals surface area contributed by atoms with Crippen LogP contribution in [0.1, 0.15) is 43.4 Å². The minimum atomic E-state index is -0.347. The summed E-state index contributed by atoms with van der Waals surface area (Å²) in [5.41, 5.74) is 6.16. The highest BCUT2D eigenvalue weighted by Crippen LogP contribution is 2.39. The van der Waals surface area contributed by atoms with Crippen molar-refractivity contribution in [3.8, 4) is 11.3 Å². The molecule has 0 saturated heterocycles. The molecule has 3 aromatic carbocycles. The van der Waals surface area contributed by atoms with Gasteiger partial charge in [-0.05, 0) is 33.7 Å². The van der Waals surface area contributed by atoms with Gasteiger partial charge in [0.2, 0.25) is 6.54 Å². The molecule has 0 aliphatic rings. The summed E-state index contributed by atoms with van der Waals surface area (Å²) in [4.78, 5) is 15.0. The number of hydrogen-bond donors (Lipinski definition) is 1. The van der Waals surface area contributed by atoms with Gasteiger partial charge in [0, 0.05) is 15.8 Å². The molecule has 0 bridgehead atoms. The second-order valence-electron chi connectivity index (χ2n) is 8.77. The molecule has 1 heterocycles. The Bertz CT molecular complexity index is 1170. The lowest BCUT2D eigenvalue weighted by atomic mass is 9.83. The molecule has 1 atom stereocenters. The fourth-order valence-corrected chi connectivity index (χ4v) is 4.09. The van der Waals surface area contributed by atoms with Crippen molar-refractivity contribution < 1.29 is 4.92 Å². The van der Waals surface area contributed by atoms with E-state index in [1.807, 2.05) is 66.7 Å². The van der Waals surface area contributed by atoms with Gasteiger partial charge in [0.25, 0.3) is 0 Å². The Morgan fingerprint density at radius 3 is 2.17 bits per heavy atom. The number of para-hydroxylation sites is 1. The number of aromatic amines is 1. The van der Waals surface area contributed by atoms with E-state index in [2.05, 4.69) is 37.9 Å². The molecule has 0 aliphatic heterocycles. The van der Waals surface area contributed by atoms with Crippen LogP contribution in [0.25, 0.3) is 22.2 Å². The van der Waals surface area contributed by atoms with Crippen LogP contribution in [-0.4, -0.2) is 16.5 Å². The Morgan fingerprint density at radius 2 is 1.53 bits per heavy atom. The monoisotopic (exact) mass is 398 g/mol. The molecule has 0 amide bonds. The molecule has 4 heteroatoms. The van der Waals surface area contributed by atoms with Gasteiger partial charge < -0.3 is 4.98 Å². The molecule has 30 heavy (non-hydrogen) atoms. The number of nitro groups is 1. The summed E-state index contributed by atoms with van der Waals surface area (Å²) in [5.74, 6) is -0.347. The first-order valence-corrected chi connectivity index (χ1v) is 10.2. The normalized spacial score (nSPS) is 12.8. The van der Waals surface area contributed by atoms with Gasteiger partial charge >= 0.3 is 0 Å². The van der Waals surface area contributed by atoms with Crippen molar-refractivity contribution in [2.75, 3.05) is 6.54 Å². The second kappa shape index (κ2) is 7.79. The molecule has 4 rings (SSSR count). The standard InChI is InChI=1S/C26H26N2O2/c1-26(2,3)20-15-13-18(14-16-20)22(17-28(29)30)24-21-11-7-8-12-23(21)27-25(24)19-9-5-4-6-10-19/h4-16,22,27H,17H2,1-3H3. The zero-order valence-corrected chi connectivity index (χ0v) is 17.6. The molecule has 0 radical (unpaired) electrons. The van der Waals surface area contributed by atoms with Crippen molar-refractivity contribution in [1.29, 1.82) is 0 Å². The van der Waals surface area contributed by atoms with Gasteiger partial charge in [-0.15, -0.1) is 0 Å². The van der Waals surface area contributed by atoms with E-state index in [9.17, 15) is 10.1 Å². The molecule has 1 aromatic heterocycles. The number of rotatable bonds is 5. The molecule has 1 unspecified atom stereocenters. The van der Waals surface area contributed by atoms with Gasteiger partial charge in [-0.1, -0.05) is 93.6 Å². The number of hydrogen-bond acceptors (Lipinski definition) is 2. The fourth-order valence-electron chi connectivity index (χ4n) is 4.09. The molecule has 152 valence electrons. The van der Waals surface area contributed by atoms with E-state index in [1.165, 1.54) is 5.56 Å². The topological polar surface area (TPSA) is 58.9 Å². The van der Waals surface area contributed by atoms with Crippen LogP contribution in [0, 0.1) is 10.1 Å². The first kappa shape index (κ1) is 19.9. The lowest BCUT2D eigenvalue weighted by molar-refractivity contribution is -0.481. The van der Waals surface area contributed by atoms with Crippen molar-refractivity contribution in [2.24, 2.45) is 0 Å². The van der Waals surface area contributed by atoms with Crippen molar-refractivity contribution in [3.05, 3.63) is 106 Å². The molecule has 4 nitrogen and oxygen atoms in total. The average molecular weight is 399 g/mol. The number of H-pyrrole nitrogens is 1. The quantitative estimate of drug-likeness (QED) is 0.306. The summed E-state index contributed by atoms with van der Waals surface area (Å²) >= 11 is 0. The Balaban J connectivity index is 1.92. The van der Waals surface area contributed by atoms with E-state index >= 15 is 0 Å². The number of nitrogens with one attached hydrogen (secondary N) is 1. The molecule has 0 fully saturated rings. The summed E-state index contributed by atoms with van der Waals surface area (Å²) in [5, 5.41) is 12.7. The maximum Gasteiger partial charge on any atom is 0.214 e. The van der Waals surface area contributed by atoms with Crippen LogP contribution in [0.4, 0.5) is 0 Å². The summed E-state index contributed by atoms with van der Waals surface area (Å²) in [6.07, 6.45) is 0. The smallest absolute Gasteiger partial charge is 0.214 e. The Morgan fingerprint density at radius 1 is 0.900 bits per heavy atom. The third-order valence-corrected chi connectivity index (χ3v) is 5.67. The molecular weight excluding hydrogens is 372 g/mol. The van der Waals surface area contributed by atoms with Crippen LogP contribution in [0.5, 0.6) is 0 Å². The Kier molecular flexibility index (Phi) is 5.17. The predicted octanol–water partition coefficient (Wildman–Crippen LogP) is 6.54. The highest BCUT2D eigenvalue weighted by atomic mass is 16.6. The van der Waals surface area contributed by atoms with Gasteiger partial charge in [-0.3, -0.25) is 10.1 Å². The van der Waals surface area contributed by atoms with Gasteiger partial charge in [0.15, 0.2) is 0 Å². The lowest BCUT2D eigenvalue weighted by Crippen LogP contribution is -2.16. The zero-order valence-electron chi connectivity index (χ0n) is 17.6. The van der Waals surface area contributed by atoms with Crippen molar-refractivity contribution in [1.82, 2.24) is 4.98 Å². The number of benzene rings is 3. The van der Waals surface area contributed by atoms with Crippen LogP contribution in [0.15, 0.2) is 78.9 Å². The molecule has 0 spiro atoms. The van der Waals surface area contributed by atoms with Crippen molar-refractivity contribution in [3.63, 3.8) is 0 Å². The second-order valence-corrected chi connectivity index (χ2v) is 8.77. The maximum atomic E-state index is 11.7. The van der Waals surface area contributed by atoms with Gasteiger partial charge in [-0.2, -0.15) is 0 Å². The van der Waals surface area contributed by atoms with Crippen LogP contribution in [0.3, 0.4) is 0 Å². The third kappa shape index (κ3) is 3.86. The Hall–Kier alpha value is -3.40. The number of aromatic nitrogens is 1. The summed E-state index contributed by atoms with van der Waals surface area (Å²) < 4.78 is 0. The summed E-state index contributed by atoms with van der Waals surface area (Å²) in [7, 11) is 0. The zero-order chi connectivity index (χ0) is 21.3. The van der Waals surface area contributed by atoms with E-state index in [-0.39, 0.29) is 22.8 Å². The van der Waals surface area contributed by atoms with Gasteiger partial charge in [0.1, 0.15) is 0 Å². The highest BCUT2D eigenvalue weighted by Gasteiger charge is 2.27. The molecule has 4 aromatic rings. The fraction of sp³-hybridized carbons (Fsp3) is 0.231. The van der Waals surface area contributed by atoms with E-state index < -0.39 is 0 Å². The first-order chi connectivity index (χ1) is 14.3. The van der Waals surface area contributed by atoms with Crippen LogP contribution in [0.2, 0.25) is 0 Å². The van der Waals surface area contributed by atoms with E-state index in [4.69, 9.17) is 0 Å². The first-order valence-electron chi connectivity index (χ1n) is 10.2. The molecule has 1 N–H and O–H groups in total. The van der Waals surface area contributed by atoms with Gasteiger partial charge in [-0.25, -0.2) is 0 Å². The largest absolute Gasteiger partial charge is 0.354 e. The minimum Gasteiger partial charge on any atom is -0.354 e. The molecule has 0 aliphatic carbocycles. The van der Waals surface area contributed by atoms with Gasteiger partial charge in [0.05, 0.1) is 11.6 Å². The van der Waals surface area contributed by atoms with Crippen molar-refractivity contribution >= 4 is 10.9 Å². The SMILES string of the molecule is CC(C)(C)c1ccc(C(C[N+](=O)[O-])c2c(-c3ccccc3)[nH]c3ccccc23)cc1. The third-order valence-electron chi connectivity index (χ3n) is 5.67. The highest BCUT2D eigenvalue weighted by molar-refractivity contribution is 5.92. The minimum absolute atomic E-state index is 0.0348. The molecule has 0 saturated carbocycles. The van der Waals surface area contributed by atoms with Crippen LogP contribution >= 0.6 is 0 Å². The average Bonchev–Trinajstić information content (AvgIpc) is 3.11. The Labute approximate surface area is 176 Å². The van der Waals surface area contributed by atoms with Crippen LogP contribution < -0.4 is 0 Å². The molecular formula is C26H26N2O2. The van der Waals surface area contributed by atoms with E-state index in [0.717, 1.165) is 33.3 Å².